The van der Waals surface area contributed by atoms with Gasteiger partial charge in [0.05, 0.1) is 11.4 Å². The Balaban J connectivity index is 1.12. The van der Waals surface area contributed by atoms with Crippen LogP contribution in [0.1, 0.15) is 44.1 Å². The van der Waals surface area contributed by atoms with Crippen LogP contribution in [0.15, 0.2) is 72.8 Å². The van der Waals surface area contributed by atoms with Gasteiger partial charge in [0.15, 0.2) is 0 Å². The molecule has 1 saturated carbocycles. The molecule has 0 spiro atoms. The molecule has 1 aliphatic rings. The van der Waals surface area contributed by atoms with E-state index < -0.39 is 5.92 Å². The van der Waals surface area contributed by atoms with Crippen molar-refractivity contribution < 1.29 is 9.18 Å². The number of nitrogens with zero attached hydrogens (tertiary/aromatic N) is 3. The maximum Gasteiger partial charge on any atom is 0.227 e. The molecule has 0 bridgehead atoms. The summed E-state index contributed by atoms with van der Waals surface area (Å²) in [6.45, 7) is 2.47. The zero-order valence-corrected chi connectivity index (χ0v) is 22.8. The molecule has 5 rings (SSSR count). The molecule has 202 valence electrons. The Kier molecular flexibility index (Phi) is 8.05. The van der Waals surface area contributed by atoms with Crippen molar-refractivity contribution in [2.24, 2.45) is 5.92 Å². The number of hydrogen-bond donors (Lipinski definition) is 2. The van der Waals surface area contributed by atoms with Gasteiger partial charge in [-0.3, -0.25) is 4.79 Å². The maximum absolute atomic E-state index is 14.8. The summed E-state index contributed by atoms with van der Waals surface area (Å²) in [6.07, 6.45) is 4.02. The number of amides is 1. The lowest BCUT2D eigenvalue weighted by atomic mass is 9.86. The molecule has 39 heavy (non-hydrogen) atoms. The van der Waals surface area contributed by atoms with Crippen molar-refractivity contribution in [3.8, 4) is 11.1 Å². The van der Waals surface area contributed by atoms with Crippen LogP contribution in [0, 0.1) is 11.7 Å². The molecule has 0 saturated heterocycles. The first kappa shape index (κ1) is 26.6. The third-order valence-corrected chi connectivity index (χ3v) is 7.72. The van der Waals surface area contributed by atoms with E-state index in [4.69, 9.17) is 9.97 Å². The zero-order valence-electron chi connectivity index (χ0n) is 22.8. The van der Waals surface area contributed by atoms with Gasteiger partial charge < -0.3 is 15.5 Å². The number of carbonyl (C=O) groups excluding carboxylic acids is 1. The van der Waals surface area contributed by atoms with Gasteiger partial charge in [0.1, 0.15) is 11.6 Å². The second kappa shape index (κ2) is 11.8. The Hall–Kier alpha value is -4.00. The monoisotopic (exact) mass is 525 g/mol. The summed E-state index contributed by atoms with van der Waals surface area (Å²) in [7, 11) is 3.99. The highest BCUT2D eigenvalue weighted by Gasteiger charge is 2.24. The van der Waals surface area contributed by atoms with Crippen LogP contribution in [0.4, 0.5) is 16.2 Å². The Bertz CT molecular complexity index is 1430. The molecule has 3 aromatic carbocycles. The highest BCUT2D eigenvalue weighted by Crippen LogP contribution is 2.29. The van der Waals surface area contributed by atoms with Crippen molar-refractivity contribution in [1.82, 2.24) is 15.3 Å². The molecule has 2 N–H and O–H groups in total. The van der Waals surface area contributed by atoms with E-state index in [2.05, 4.69) is 10.6 Å². The van der Waals surface area contributed by atoms with E-state index in [9.17, 15) is 9.18 Å². The van der Waals surface area contributed by atoms with Gasteiger partial charge in [-0.1, -0.05) is 54.6 Å². The van der Waals surface area contributed by atoms with Gasteiger partial charge in [-0.15, -0.1) is 0 Å². The van der Waals surface area contributed by atoms with Gasteiger partial charge in [-0.2, -0.15) is 4.98 Å². The molecule has 1 aromatic heterocycles. The van der Waals surface area contributed by atoms with Crippen molar-refractivity contribution in [3.05, 3.63) is 84.2 Å². The normalized spacial score (nSPS) is 17.9. The fourth-order valence-electron chi connectivity index (χ4n) is 5.36. The Morgan fingerprint density at radius 2 is 1.69 bits per heavy atom. The van der Waals surface area contributed by atoms with E-state index in [0.29, 0.717) is 35.6 Å². The van der Waals surface area contributed by atoms with Crippen LogP contribution in [0.5, 0.6) is 0 Å². The van der Waals surface area contributed by atoms with E-state index in [1.165, 1.54) is 6.07 Å². The van der Waals surface area contributed by atoms with E-state index in [0.717, 1.165) is 48.0 Å². The van der Waals surface area contributed by atoms with E-state index in [-0.39, 0.29) is 11.7 Å². The van der Waals surface area contributed by atoms with Crippen molar-refractivity contribution in [1.29, 1.82) is 0 Å². The molecule has 1 aliphatic carbocycles. The van der Waals surface area contributed by atoms with Gasteiger partial charge in [0, 0.05) is 37.6 Å². The summed E-state index contributed by atoms with van der Waals surface area (Å²) in [5.41, 5.74) is 2.99. The number of anilines is 2. The van der Waals surface area contributed by atoms with Crippen LogP contribution in [-0.2, 0) is 4.79 Å². The average molecular weight is 526 g/mol. The predicted molar refractivity (Wildman–Crippen MR) is 156 cm³/mol. The lowest BCUT2D eigenvalue weighted by molar-refractivity contribution is -0.122. The summed E-state index contributed by atoms with van der Waals surface area (Å²) in [6, 6.07) is 22.9. The first-order chi connectivity index (χ1) is 18.9. The van der Waals surface area contributed by atoms with Crippen LogP contribution in [0.25, 0.3) is 22.0 Å². The van der Waals surface area contributed by atoms with Crippen LogP contribution in [-0.4, -0.2) is 42.6 Å². The van der Waals surface area contributed by atoms with Gasteiger partial charge in [0.25, 0.3) is 0 Å². The highest BCUT2D eigenvalue weighted by atomic mass is 19.1. The number of fused-ring (bicyclic) bond motifs is 1. The highest BCUT2D eigenvalue weighted by molar-refractivity contribution is 5.90. The summed E-state index contributed by atoms with van der Waals surface area (Å²) in [5, 5.41) is 7.69. The largest absolute Gasteiger partial charge is 0.362 e. The van der Waals surface area contributed by atoms with Crippen LogP contribution >= 0.6 is 0 Å². The molecule has 4 aromatic rings. The number of halogens is 1. The molecule has 6 nitrogen and oxygen atoms in total. The number of benzene rings is 3. The molecule has 7 heteroatoms. The first-order valence-corrected chi connectivity index (χ1v) is 13.7. The Morgan fingerprint density at radius 3 is 2.41 bits per heavy atom. The summed E-state index contributed by atoms with van der Waals surface area (Å²) < 4.78 is 14.8. The molecule has 0 unspecified atom stereocenters. The minimum atomic E-state index is -0.418. The number of aromatic nitrogens is 2. The molecule has 0 radical (unpaired) electrons. The summed E-state index contributed by atoms with van der Waals surface area (Å²) in [4.78, 5) is 24.4. The molecular weight excluding hydrogens is 489 g/mol. The number of carbonyl (C=O) groups is 1. The molecule has 1 atom stereocenters. The van der Waals surface area contributed by atoms with Gasteiger partial charge >= 0.3 is 0 Å². The number of nitrogens with one attached hydrogen (secondary N) is 2. The SMILES string of the molecule is C[C@H](C(=O)NC[C@H]1CC[C@@H](Nc2nc(N(C)C)c3ccccc3n2)CC1)c1ccc(-c2ccccc2)c(F)c1. The van der Waals surface area contributed by atoms with Gasteiger partial charge in [0.2, 0.25) is 11.9 Å². The van der Waals surface area contributed by atoms with Gasteiger partial charge in [-0.05, 0) is 67.9 Å². The Morgan fingerprint density at radius 1 is 0.974 bits per heavy atom. The topological polar surface area (TPSA) is 70.2 Å². The summed E-state index contributed by atoms with van der Waals surface area (Å²) >= 11 is 0. The third-order valence-electron chi connectivity index (χ3n) is 7.72. The minimum Gasteiger partial charge on any atom is -0.362 e. The minimum absolute atomic E-state index is 0.0668. The number of rotatable bonds is 8. The first-order valence-electron chi connectivity index (χ1n) is 13.7. The van der Waals surface area contributed by atoms with Crippen molar-refractivity contribution in [2.75, 3.05) is 30.9 Å². The summed E-state index contributed by atoms with van der Waals surface area (Å²) in [5.74, 6) is 1.20. The quantitative estimate of drug-likeness (QED) is 0.279. The predicted octanol–water partition coefficient (Wildman–Crippen LogP) is 6.39. The van der Waals surface area contributed by atoms with Crippen molar-refractivity contribution in [2.45, 2.75) is 44.6 Å². The number of hydrogen-bond acceptors (Lipinski definition) is 5. The average Bonchev–Trinajstić information content (AvgIpc) is 2.96. The third kappa shape index (κ3) is 6.19. The van der Waals surface area contributed by atoms with Crippen molar-refractivity contribution >= 4 is 28.6 Å². The maximum atomic E-state index is 14.8. The van der Waals surface area contributed by atoms with Crippen molar-refractivity contribution in [3.63, 3.8) is 0 Å². The zero-order chi connectivity index (χ0) is 27.4. The second-order valence-corrected chi connectivity index (χ2v) is 10.7. The fourth-order valence-corrected chi connectivity index (χ4v) is 5.36. The number of para-hydroxylation sites is 1. The van der Waals surface area contributed by atoms with Crippen LogP contribution < -0.4 is 15.5 Å². The van der Waals surface area contributed by atoms with Crippen LogP contribution in [0.2, 0.25) is 0 Å². The molecule has 1 amide bonds. The van der Waals surface area contributed by atoms with E-state index >= 15 is 0 Å². The van der Waals surface area contributed by atoms with Crippen LogP contribution in [0.3, 0.4) is 0 Å². The smallest absolute Gasteiger partial charge is 0.227 e. The fraction of sp³-hybridized carbons (Fsp3) is 0.344. The molecule has 1 fully saturated rings. The molecule has 0 aliphatic heterocycles. The molecular formula is C32H36FN5O. The van der Waals surface area contributed by atoms with E-state index in [1.807, 2.05) is 86.6 Å². The Labute approximate surface area is 229 Å². The second-order valence-electron chi connectivity index (χ2n) is 10.7. The molecule has 1 heterocycles. The standard InChI is InChI=1S/C32H36FN5O/c1-21(24-15-18-26(28(33)19-24)23-9-5-4-6-10-23)31(39)34-20-22-13-16-25(17-14-22)35-32-36-29-12-8-7-11-27(29)30(37-32)38(2)3/h4-12,15,18-19,21-22,25H,13-14,16-17,20H2,1-3H3,(H,34,39)(H,35,36,37)/t21-,22-,25+/m0/s1. The van der Waals surface area contributed by atoms with E-state index in [1.54, 1.807) is 6.07 Å². The lowest BCUT2D eigenvalue weighted by Gasteiger charge is -2.30. The lowest BCUT2D eigenvalue weighted by Crippen LogP contribution is -2.36. The van der Waals surface area contributed by atoms with Gasteiger partial charge in [-0.25, -0.2) is 9.37 Å².